The third-order valence-corrected chi connectivity index (χ3v) is 3.80. The molecule has 20 heavy (non-hydrogen) atoms. The van der Waals surface area contributed by atoms with Gasteiger partial charge < -0.3 is 9.73 Å². The molecule has 0 aliphatic heterocycles. The normalized spacial score (nSPS) is 11.9. The summed E-state index contributed by atoms with van der Waals surface area (Å²) >= 11 is 4.82. The van der Waals surface area contributed by atoms with Crippen molar-refractivity contribution in [1.82, 2.24) is 9.97 Å². The van der Waals surface area contributed by atoms with E-state index in [1.807, 2.05) is 19.9 Å². The number of aromatic nitrogens is 2. The minimum Gasteiger partial charge on any atom is -0.440 e. The van der Waals surface area contributed by atoms with Crippen molar-refractivity contribution in [1.29, 1.82) is 0 Å². The van der Waals surface area contributed by atoms with Gasteiger partial charge in [-0.1, -0.05) is 25.2 Å². The Balaban J connectivity index is 2.16. The Morgan fingerprint density at radius 2 is 2.20 bits per heavy atom. The van der Waals surface area contributed by atoms with Gasteiger partial charge in [-0.15, -0.1) is 0 Å². The van der Waals surface area contributed by atoms with Gasteiger partial charge in [0.1, 0.15) is 5.76 Å². The standard InChI is InChI=1S/C13H14BrN3O2S/c1-7(2)11-6-15-12(19-11)10(14)4-9-5-16-13(20-9)17-8(3)18/h4-7H,1-3H3,(H,16,17,18)/b10-4-. The topological polar surface area (TPSA) is 68.0 Å². The van der Waals surface area contributed by atoms with Gasteiger partial charge in [-0.3, -0.25) is 4.79 Å². The highest BCUT2D eigenvalue weighted by Crippen LogP contribution is 2.29. The maximum Gasteiger partial charge on any atom is 0.233 e. The van der Waals surface area contributed by atoms with Crippen LogP contribution in [0.5, 0.6) is 0 Å². The van der Waals surface area contributed by atoms with Gasteiger partial charge in [0.25, 0.3) is 0 Å². The minimum atomic E-state index is -0.136. The molecule has 2 heterocycles. The molecule has 0 saturated carbocycles. The molecule has 0 fully saturated rings. The summed E-state index contributed by atoms with van der Waals surface area (Å²) in [6, 6.07) is 0. The molecule has 2 aromatic heterocycles. The molecule has 1 amide bonds. The lowest BCUT2D eigenvalue weighted by molar-refractivity contribution is -0.114. The van der Waals surface area contributed by atoms with Crippen LogP contribution in [-0.2, 0) is 4.79 Å². The summed E-state index contributed by atoms with van der Waals surface area (Å²) in [5, 5.41) is 3.21. The molecule has 0 atom stereocenters. The first kappa shape index (κ1) is 14.9. The molecule has 0 unspecified atom stereocenters. The van der Waals surface area contributed by atoms with Crippen molar-refractivity contribution in [2.24, 2.45) is 0 Å². The van der Waals surface area contributed by atoms with Crippen LogP contribution in [0.1, 0.15) is 43.2 Å². The molecule has 7 heteroatoms. The number of halogens is 1. The van der Waals surface area contributed by atoms with Crippen LogP contribution in [0.3, 0.4) is 0 Å². The summed E-state index contributed by atoms with van der Waals surface area (Å²) in [7, 11) is 0. The molecule has 5 nitrogen and oxygen atoms in total. The lowest BCUT2D eigenvalue weighted by Gasteiger charge is -1.96. The highest BCUT2D eigenvalue weighted by atomic mass is 79.9. The zero-order valence-corrected chi connectivity index (χ0v) is 13.7. The summed E-state index contributed by atoms with van der Waals surface area (Å²) in [4.78, 5) is 20.2. The fourth-order valence-corrected chi connectivity index (χ4v) is 2.80. The van der Waals surface area contributed by atoms with Crippen LogP contribution in [0.4, 0.5) is 5.13 Å². The van der Waals surface area contributed by atoms with Crippen molar-refractivity contribution in [2.75, 3.05) is 5.32 Å². The molecule has 0 aromatic carbocycles. The second kappa shape index (κ2) is 6.32. The van der Waals surface area contributed by atoms with Crippen LogP contribution in [0, 0.1) is 0 Å². The number of anilines is 1. The Kier molecular flexibility index (Phi) is 4.72. The molecule has 106 valence electrons. The van der Waals surface area contributed by atoms with Gasteiger partial charge in [0, 0.05) is 19.0 Å². The monoisotopic (exact) mass is 355 g/mol. The summed E-state index contributed by atoms with van der Waals surface area (Å²) < 4.78 is 6.38. The lowest BCUT2D eigenvalue weighted by atomic mass is 10.2. The van der Waals surface area contributed by atoms with Crippen LogP contribution >= 0.6 is 27.3 Å². The third-order valence-electron chi connectivity index (χ3n) is 2.37. The number of hydrogen-bond acceptors (Lipinski definition) is 5. The quantitative estimate of drug-likeness (QED) is 0.895. The maximum absolute atomic E-state index is 10.9. The number of nitrogens with zero attached hydrogens (tertiary/aromatic N) is 2. The number of thiazole rings is 1. The minimum absolute atomic E-state index is 0.136. The predicted octanol–water partition coefficient (Wildman–Crippen LogP) is 4.11. The third kappa shape index (κ3) is 3.77. The van der Waals surface area contributed by atoms with E-state index in [2.05, 4.69) is 31.2 Å². The fourth-order valence-electron chi connectivity index (χ4n) is 1.41. The summed E-state index contributed by atoms with van der Waals surface area (Å²) in [5.41, 5.74) is 0. The number of oxazole rings is 1. The number of amides is 1. The van der Waals surface area contributed by atoms with Crippen molar-refractivity contribution >= 4 is 48.9 Å². The summed E-state index contributed by atoms with van der Waals surface area (Å²) in [6.07, 6.45) is 5.27. The number of nitrogens with one attached hydrogen (secondary N) is 1. The number of carbonyl (C=O) groups excluding carboxylic acids is 1. The van der Waals surface area contributed by atoms with E-state index in [0.29, 0.717) is 16.9 Å². The Hall–Kier alpha value is -1.47. The van der Waals surface area contributed by atoms with Crippen molar-refractivity contribution < 1.29 is 9.21 Å². The Morgan fingerprint density at radius 3 is 2.80 bits per heavy atom. The molecule has 0 aliphatic rings. The predicted molar refractivity (Wildman–Crippen MR) is 83.8 cm³/mol. The zero-order chi connectivity index (χ0) is 14.7. The van der Waals surface area contributed by atoms with Gasteiger partial charge in [0.2, 0.25) is 11.8 Å². The van der Waals surface area contributed by atoms with E-state index in [1.54, 1.807) is 12.4 Å². The summed E-state index contributed by atoms with van der Waals surface area (Å²) in [6.45, 7) is 5.54. The van der Waals surface area contributed by atoms with Gasteiger partial charge in [0.05, 0.1) is 15.6 Å². The van der Waals surface area contributed by atoms with Gasteiger partial charge in [-0.25, -0.2) is 9.97 Å². The zero-order valence-electron chi connectivity index (χ0n) is 11.3. The smallest absolute Gasteiger partial charge is 0.233 e. The molecule has 0 saturated heterocycles. The van der Waals surface area contributed by atoms with Crippen LogP contribution in [0.25, 0.3) is 10.6 Å². The van der Waals surface area contributed by atoms with Gasteiger partial charge in [-0.05, 0) is 22.0 Å². The Bertz CT molecular complexity index is 646. The van der Waals surface area contributed by atoms with E-state index in [-0.39, 0.29) is 5.91 Å². The first-order valence-corrected chi connectivity index (χ1v) is 7.63. The fraction of sp³-hybridized carbons (Fsp3) is 0.308. The molecule has 0 aliphatic carbocycles. The highest BCUT2D eigenvalue weighted by molar-refractivity contribution is 9.15. The molecule has 2 aromatic rings. The molecule has 0 spiro atoms. The Labute approximate surface area is 129 Å². The second-order valence-electron chi connectivity index (χ2n) is 4.46. The maximum atomic E-state index is 10.9. The number of rotatable bonds is 4. The van der Waals surface area contributed by atoms with E-state index in [9.17, 15) is 4.79 Å². The average molecular weight is 356 g/mol. The second-order valence-corrected chi connectivity index (χ2v) is 6.38. The SMILES string of the molecule is CC(=O)Nc1ncc(/C=C(\Br)c2ncc(C(C)C)o2)s1. The number of carbonyl (C=O) groups is 1. The molecular weight excluding hydrogens is 342 g/mol. The molecular formula is C13H14BrN3O2S. The van der Waals surface area contributed by atoms with Crippen molar-refractivity contribution in [3.8, 4) is 0 Å². The van der Waals surface area contributed by atoms with E-state index < -0.39 is 0 Å². The molecule has 2 rings (SSSR count). The first-order chi connectivity index (χ1) is 9.45. The number of hydrogen-bond donors (Lipinski definition) is 1. The highest BCUT2D eigenvalue weighted by Gasteiger charge is 2.10. The van der Waals surface area contributed by atoms with Gasteiger partial charge >= 0.3 is 0 Å². The van der Waals surface area contributed by atoms with E-state index in [4.69, 9.17) is 4.42 Å². The molecule has 0 radical (unpaired) electrons. The van der Waals surface area contributed by atoms with Crippen LogP contribution in [-0.4, -0.2) is 15.9 Å². The average Bonchev–Trinajstić information content (AvgIpc) is 2.97. The Morgan fingerprint density at radius 1 is 1.45 bits per heavy atom. The van der Waals surface area contributed by atoms with Gasteiger partial charge in [-0.2, -0.15) is 0 Å². The van der Waals surface area contributed by atoms with Crippen molar-refractivity contribution in [3.63, 3.8) is 0 Å². The van der Waals surface area contributed by atoms with Crippen LogP contribution < -0.4 is 5.32 Å². The van der Waals surface area contributed by atoms with Crippen LogP contribution in [0.15, 0.2) is 16.8 Å². The van der Waals surface area contributed by atoms with E-state index in [0.717, 1.165) is 15.1 Å². The lowest BCUT2D eigenvalue weighted by Crippen LogP contribution is -2.04. The first-order valence-electron chi connectivity index (χ1n) is 6.02. The van der Waals surface area contributed by atoms with E-state index >= 15 is 0 Å². The molecule has 1 N–H and O–H groups in total. The van der Waals surface area contributed by atoms with Crippen molar-refractivity contribution in [3.05, 3.63) is 28.9 Å². The largest absolute Gasteiger partial charge is 0.440 e. The van der Waals surface area contributed by atoms with E-state index in [1.165, 1.54) is 18.3 Å². The van der Waals surface area contributed by atoms with Crippen LogP contribution in [0.2, 0.25) is 0 Å². The van der Waals surface area contributed by atoms with Crippen molar-refractivity contribution in [2.45, 2.75) is 26.7 Å². The summed E-state index contributed by atoms with van der Waals surface area (Å²) in [5.74, 6) is 1.53. The molecule has 0 bridgehead atoms. The van der Waals surface area contributed by atoms with Gasteiger partial charge in [0.15, 0.2) is 5.13 Å².